The molecule has 1 aromatic rings. The van der Waals surface area contributed by atoms with E-state index in [9.17, 15) is 0 Å². The highest BCUT2D eigenvalue weighted by Gasteiger charge is 2.29. The molecule has 0 radical (unpaired) electrons. The average Bonchev–Trinajstić information content (AvgIpc) is 2.69. The second-order valence-corrected chi connectivity index (χ2v) is 5.26. The quantitative estimate of drug-likeness (QED) is 0.630. The molecule has 0 saturated carbocycles. The average molecular weight is 249 g/mol. The number of hydrogen-bond donors (Lipinski definition) is 2. The van der Waals surface area contributed by atoms with Gasteiger partial charge >= 0.3 is 0 Å². The number of anilines is 2. The molecule has 1 aliphatic heterocycles. The number of nitrogens with two attached hydrogens (primary N) is 1. The Morgan fingerprint density at radius 2 is 2.22 bits per heavy atom. The Labute approximate surface area is 109 Å². The van der Waals surface area contributed by atoms with Crippen molar-refractivity contribution in [2.75, 3.05) is 16.9 Å². The molecule has 100 valence electrons. The van der Waals surface area contributed by atoms with Gasteiger partial charge in [0.1, 0.15) is 18.0 Å². The maximum Gasteiger partial charge on any atom is 0.148 e. The van der Waals surface area contributed by atoms with Gasteiger partial charge in [0, 0.05) is 18.2 Å². The maximum atomic E-state index is 5.55. The topological polar surface area (TPSA) is 67.1 Å². The van der Waals surface area contributed by atoms with E-state index in [1.165, 1.54) is 6.42 Å². The number of nitrogen functional groups attached to an aromatic ring is 1. The third kappa shape index (κ3) is 2.41. The number of aromatic nitrogens is 2. The van der Waals surface area contributed by atoms with Gasteiger partial charge in [0.15, 0.2) is 0 Å². The van der Waals surface area contributed by atoms with Gasteiger partial charge in [-0.3, -0.25) is 0 Å². The van der Waals surface area contributed by atoms with E-state index in [1.807, 2.05) is 0 Å². The lowest BCUT2D eigenvalue weighted by molar-refractivity contribution is 0.625. The molecule has 0 spiro atoms. The van der Waals surface area contributed by atoms with Crippen molar-refractivity contribution >= 4 is 11.6 Å². The van der Waals surface area contributed by atoms with E-state index in [-0.39, 0.29) is 0 Å². The Kier molecular flexibility index (Phi) is 4.01. The Bertz CT molecular complexity index is 406. The van der Waals surface area contributed by atoms with Crippen molar-refractivity contribution < 1.29 is 0 Å². The van der Waals surface area contributed by atoms with Gasteiger partial charge in [-0.25, -0.2) is 15.8 Å². The SMILES string of the molecule is CCCc1c(NN)ncnc1N1CC(C)CC1C. The van der Waals surface area contributed by atoms with E-state index in [2.05, 4.69) is 41.1 Å². The molecule has 1 saturated heterocycles. The predicted molar refractivity (Wildman–Crippen MR) is 74.4 cm³/mol. The van der Waals surface area contributed by atoms with E-state index < -0.39 is 0 Å². The second kappa shape index (κ2) is 5.52. The molecular weight excluding hydrogens is 226 g/mol. The van der Waals surface area contributed by atoms with Crippen LogP contribution < -0.4 is 16.2 Å². The summed E-state index contributed by atoms with van der Waals surface area (Å²) in [4.78, 5) is 11.1. The smallest absolute Gasteiger partial charge is 0.148 e. The van der Waals surface area contributed by atoms with Crippen molar-refractivity contribution in [2.45, 2.75) is 46.1 Å². The van der Waals surface area contributed by atoms with Crippen molar-refractivity contribution in [1.29, 1.82) is 0 Å². The van der Waals surface area contributed by atoms with E-state index in [0.29, 0.717) is 6.04 Å². The lowest BCUT2D eigenvalue weighted by Crippen LogP contribution is -2.29. The van der Waals surface area contributed by atoms with Gasteiger partial charge in [-0.2, -0.15) is 0 Å². The van der Waals surface area contributed by atoms with E-state index in [4.69, 9.17) is 5.84 Å². The number of nitrogens with zero attached hydrogens (tertiary/aromatic N) is 3. The first-order chi connectivity index (χ1) is 8.67. The highest BCUT2D eigenvalue weighted by atomic mass is 15.3. The normalized spacial score (nSPS) is 23.4. The van der Waals surface area contributed by atoms with Crippen LogP contribution in [0, 0.1) is 5.92 Å². The van der Waals surface area contributed by atoms with Gasteiger partial charge in [-0.05, 0) is 25.7 Å². The fraction of sp³-hybridized carbons (Fsp3) is 0.692. The highest BCUT2D eigenvalue weighted by molar-refractivity contribution is 5.59. The number of rotatable bonds is 4. The van der Waals surface area contributed by atoms with Gasteiger partial charge < -0.3 is 10.3 Å². The molecule has 0 amide bonds. The lowest BCUT2D eigenvalue weighted by atomic mass is 10.1. The van der Waals surface area contributed by atoms with Gasteiger partial charge in [0.2, 0.25) is 0 Å². The molecule has 2 rings (SSSR count). The first-order valence-electron chi connectivity index (χ1n) is 6.74. The molecule has 0 aliphatic carbocycles. The van der Waals surface area contributed by atoms with Crippen LogP contribution >= 0.6 is 0 Å². The molecule has 0 bridgehead atoms. The van der Waals surface area contributed by atoms with Gasteiger partial charge in [-0.15, -0.1) is 0 Å². The molecule has 5 nitrogen and oxygen atoms in total. The van der Waals surface area contributed by atoms with Crippen molar-refractivity contribution in [2.24, 2.45) is 11.8 Å². The minimum Gasteiger partial charge on any atom is -0.353 e. The summed E-state index contributed by atoms with van der Waals surface area (Å²) >= 11 is 0. The van der Waals surface area contributed by atoms with Crippen molar-refractivity contribution in [1.82, 2.24) is 9.97 Å². The van der Waals surface area contributed by atoms with E-state index in [1.54, 1.807) is 6.33 Å². The summed E-state index contributed by atoms with van der Waals surface area (Å²) < 4.78 is 0. The van der Waals surface area contributed by atoms with E-state index in [0.717, 1.165) is 42.5 Å². The maximum absolute atomic E-state index is 5.55. The molecule has 1 fully saturated rings. The van der Waals surface area contributed by atoms with Crippen LogP contribution in [0.4, 0.5) is 11.6 Å². The standard InChI is InChI=1S/C13H23N5/c1-4-5-11-12(17-14)15-8-16-13(11)18-7-9(2)6-10(18)3/h8-10H,4-7,14H2,1-3H3,(H,15,16,17). The highest BCUT2D eigenvalue weighted by Crippen LogP contribution is 2.32. The fourth-order valence-corrected chi connectivity index (χ4v) is 2.85. The van der Waals surface area contributed by atoms with Crippen LogP contribution in [-0.4, -0.2) is 22.6 Å². The van der Waals surface area contributed by atoms with Gasteiger partial charge in [-0.1, -0.05) is 20.3 Å². The molecule has 18 heavy (non-hydrogen) atoms. The minimum atomic E-state index is 0.538. The Hall–Kier alpha value is -1.36. The third-order valence-electron chi connectivity index (χ3n) is 3.62. The van der Waals surface area contributed by atoms with Crippen molar-refractivity contribution in [3.8, 4) is 0 Å². The number of nitrogens with one attached hydrogen (secondary N) is 1. The van der Waals surface area contributed by atoms with E-state index >= 15 is 0 Å². The summed E-state index contributed by atoms with van der Waals surface area (Å²) in [5, 5.41) is 0. The van der Waals surface area contributed by atoms with Crippen LogP contribution in [-0.2, 0) is 6.42 Å². The van der Waals surface area contributed by atoms with Crippen LogP contribution in [0.25, 0.3) is 0 Å². The molecule has 2 heterocycles. The zero-order chi connectivity index (χ0) is 13.1. The molecule has 2 unspecified atom stereocenters. The Morgan fingerprint density at radius 3 is 2.78 bits per heavy atom. The second-order valence-electron chi connectivity index (χ2n) is 5.26. The first kappa shape index (κ1) is 13.1. The fourth-order valence-electron chi connectivity index (χ4n) is 2.85. The molecule has 1 aliphatic rings. The summed E-state index contributed by atoms with van der Waals surface area (Å²) in [7, 11) is 0. The summed E-state index contributed by atoms with van der Waals surface area (Å²) in [6, 6.07) is 0.538. The molecule has 0 aromatic carbocycles. The Morgan fingerprint density at radius 1 is 1.44 bits per heavy atom. The van der Waals surface area contributed by atoms with Crippen LogP contribution in [0.1, 0.15) is 39.2 Å². The van der Waals surface area contributed by atoms with Gasteiger partial charge in [0.25, 0.3) is 0 Å². The monoisotopic (exact) mass is 249 g/mol. The largest absolute Gasteiger partial charge is 0.353 e. The molecular formula is C13H23N5. The summed E-state index contributed by atoms with van der Waals surface area (Å²) in [6.07, 6.45) is 4.83. The first-order valence-corrected chi connectivity index (χ1v) is 6.74. The summed E-state index contributed by atoms with van der Waals surface area (Å²) in [5.41, 5.74) is 3.83. The molecule has 1 aromatic heterocycles. The Balaban J connectivity index is 2.37. The van der Waals surface area contributed by atoms with Gasteiger partial charge in [0.05, 0.1) is 0 Å². The lowest BCUT2D eigenvalue weighted by Gasteiger charge is -2.25. The van der Waals surface area contributed by atoms with Crippen LogP contribution in [0.2, 0.25) is 0 Å². The summed E-state index contributed by atoms with van der Waals surface area (Å²) in [6.45, 7) is 7.78. The third-order valence-corrected chi connectivity index (χ3v) is 3.62. The molecule has 2 atom stereocenters. The molecule has 5 heteroatoms. The summed E-state index contributed by atoms with van der Waals surface area (Å²) in [5.74, 6) is 8.08. The van der Waals surface area contributed by atoms with Crippen LogP contribution in [0.3, 0.4) is 0 Å². The van der Waals surface area contributed by atoms with Crippen molar-refractivity contribution in [3.63, 3.8) is 0 Å². The predicted octanol–water partition coefficient (Wildman–Crippen LogP) is 1.95. The van der Waals surface area contributed by atoms with Crippen LogP contribution in [0.5, 0.6) is 0 Å². The van der Waals surface area contributed by atoms with Crippen molar-refractivity contribution in [3.05, 3.63) is 11.9 Å². The number of hydrazine groups is 1. The van der Waals surface area contributed by atoms with Crippen LogP contribution in [0.15, 0.2) is 6.33 Å². The zero-order valence-electron chi connectivity index (χ0n) is 11.5. The minimum absolute atomic E-state index is 0.538. The number of hydrogen-bond acceptors (Lipinski definition) is 5. The molecule has 3 N–H and O–H groups in total. The zero-order valence-corrected chi connectivity index (χ0v) is 11.5.